The average molecular weight is 254 g/mol. The number of ether oxygens (including phenoxy) is 1. The van der Waals surface area contributed by atoms with Gasteiger partial charge in [0.25, 0.3) is 0 Å². The monoisotopic (exact) mass is 254 g/mol. The summed E-state index contributed by atoms with van der Waals surface area (Å²) in [6.07, 6.45) is 3.55. The molecule has 1 amide bonds. The van der Waals surface area contributed by atoms with Gasteiger partial charge in [0.05, 0.1) is 12.1 Å². The van der Waals surface area contributed by atoms with Gasteiger partial charge in [-0.25, -0.2) is 0 Å². The van der Waals surface area contributed by atoms with Crippen molar-refractivity contribution in [1.82, 2.24) is 15.5 Å². The molecule has 1 saturated carbocycles. The van der Waals surface area contributed by atoms with Crippen LogP contribution in [0.3, 0.4) is 0 Å². The minimum Gasteiger partial charge on any atom is -0.377 e. The van der Waals surface area contributed by atoms with Crippen molar-refractivity contribution in [3.8, 4) is 0 Å². The van der Waals surface area contributed by atoms with E-state index < -0.39 is 5.54 Å². The Morgan fingerprint density at radius 3 is 2.89 bits per heavy atom. The number of hydrogen-bond donors (Lipinski definition) is 2. The smallest absolute Gasteiger partial charge is 0.240 e. The van der Waals surface area contributed by atoms with Gasteiger partial charge in [0, 0.05) is 7.11 Å². The third-order valence-electron chi connectivity index (χ3n) is 3.29. The minimum absolute atomic E-state index is 0.309. The lowest BCUT2D eigenvalue weighted by Crippen LogP contribution is -2.53. The third-order valence-corrected chi connectivity index (χ3v) is 3.29. The summed E-state index contributed by atoms with van der Waals surface area (Å²) >= 11 is 0. The Hall–Kier alpha value is -1.47. The molecule has 1 aromatic heterocycles. The first-order valence-corrected chi connectivity index (χ1v) is 6.02. The second-order valence-electron chi connectivity index (χ2n) is 4.54. The number of primary amides is 1. The van der Waals surface area contributed by atoms with Crippen LogP contribution in [0, 0.1) is 0 Å². The van der Waals surface area contributed by atoms with E-state index in [0.717, 1.165) is 25.7 Å². The Morgan fingerprint density at radius 2 is 2.28 bits per heavy atom. The molecule has 100 valence electrons. The van der Waals surface area contributed by atoms with Crippen LogP contribution in [0.25, 0.3) is 0 Å². The molecule has 0 aliphatic heterocycles. The number of nitrogens with one attached hydrogen (secondary N) is 1. The molecule has 3 N–H and O–H groups in total. The highest BCUT2D eigenvalue weighted by atomic mass is 16.5. The summed E-state index contributed by atoms with van der Waals surface area (Å²) in [5, 5.41) is 6.91. The molecule has 7 heteroatoms. The zero-order valence-corrected chi connectivity index (χ0v) is 10.4. The van der Waals surface area contributed by atoms with Gasteiger partial charge < -0.3 is 15.0 Å². The molecule has 0 unspecified atom stereocenters. The number of rotatable bonds is 6. The van der Waals surface area contributed by atoms with Crippen LogP contribution in [0.15, 0.2) is 4.52 Å². The van der Waals surface area contributed by atoms with Gasteiger partial charge in [-0.2, -0.15) is 4.98 Å². The summed E-state index contributed by atoms with van der Waals surface area (Å²) in [4.78, 5) is 15.7. The number of hydrogen-bond acceptors (Lipinski definition) is 6. The van der Waals surface area contributed by atoms with Gasteiger partial charge in [0.2, 0.25) is 11.8 Å². The summed E-state index contributed by atoms with van der Waals surface area (Å²) in [6, 6.07) is 0. The molecular formula is C11H18N4O3. The van der Waals surface area contributed by atoms with E-state index in [-0.39, 0.29) is 5.91 Å². The predicted octanol–water partition coefficient (Wildman–Crippen LogP) is 0.104. The third kappa shape index (κ3) is 2.68. The fourth-order valence-corrected chi connectivity index (χ4v) is 2.28. The molecule has 1 fully saturated rings. The van der Waals surface area contributed by atoms with Crippen LogP contribution in [-0.2, 0) is 22.7 Å². The summed E-state index contributed by atoms with van der Waals surface area (Å²) in [7, 11) is 1.56. The first-order chi connectivity index (χ1) is 8.66. The van der Waals surface area contributed by atoms with E-state index in [2.05, 4.69) is 15.5 Å². The van der Waals surface area contributed by atoms with E-state index in [1.807, 2.05) is 0 Å². The van der Waals surface area contributed by atoms with Crippen molar-refractivity contribution in [3.63, 3.8) is 0 Å². The lowest BCUT2D eigenvalue weighted by Gasteiger charge is -2.25. The average Bonchev–Trinajstić information content (AvgIpc) is 2.96. The summed E-state index contributed by atoms with van der Waals surface area (Å²) in [5.41, 5.74) is 4.85. The van der Waals surface area contributed by atoms with E-state index >= 15 is 0 Å². The van der Waals surface area contributed by atoms with Crippen molar-refractivity contribution in [1.29, 1.82) is 0 Å². The van der Waals surface area contributed by atoms with Crippen molar-refractivity contribution in [3.05, 3.63) is 11.7 Å². The van der Waals surface area contributed by atoms with E-state index in [1.54, 1.807) is 7.11 Å². The molecule has 1 aromatic rings. The number of carbonyl (C=O) groups excluding carboxylic acids is 1. The normalized spacial score (nSPS) is 18.1. The standard InChI is InChI=1S/C11H18N4O3/c1-17-7-8-14-9(18-15-8)6-13-11(10(12)16)4-2-3-5-11/h13H,2-7H2,1H3,(H2,12,16). The van der Waals surface area contributed by atoms with Crippen LogP contribution in [0.1, 0.15) is 37.4 Å². The number of methoxy groups -OCH3 is 1. The molecule has 1 heterocycles. The number of carbonyl (C=O) groups is 1. The zero-order valence-electron chi connectivity index (χ0n) is 10.4. The number of amides is 1. The molecule has 0 aromatic carbocycles. The first kappa shape index (κ1) is 13.0. The molecule has 0 radical (unpaired) electrons. The Labute approximate surface area is 105 Å². The molecule has 18 heavy (non-hydrogen) atoms. The summed E-state index contributed by atoms with van der Waals surface area (Å²) in [6.45, 7) is 0.657. The van der Waals surface area contributed by atoms with Gasteiger partial charge in [0.15, 0.2) is 5.82 Å². The topological polar surface area (TPSA) is 103 Å². The fraction of sp³-hybridized carbons (Fsp3) is 0.727. The van der Waals surface area contributed by atoms with Crippen LogP contribution in [0.5, 0.6) is 0 Å². The highest BCUT2D eigenvalue weighted by molar-refractivity contribution is 5.84. The van der Waals surface area contributed by atoms with Crippen molar-refractivity contribution in [2.45, 2.75) is 44.4 Å². The molecule has 0 saturated heterocycles. The Balaban J connectivity index is 1.94. The molecule has 2 rings (SSSR count). The van der Waals surface area contributed by atoms with Gasteiger partial charge in [-0.1, -0.05) is 18.0 Å². The van der Waals surface area contributed by atoms with E-state index in [4.69, 9.17) is 15.0 Å². The number of nitrogens with two attached hydrogens (primary N) is 1. The Bertz CT molecular complexity index is 412. The van der Waals surface area contributed by atoms with E-state index in [0.29, 0.717) is 24.9 Å². The van der Waals surface area contributed by atoms with Crippen LogP contribution < -0.4 is 11.1 Å². The predicted molar refractivity (Wildman–Crippen MR) is 62.2 cm³/mol. The maximum Gasteiger partial charge on any atom is 0.240 e. The highest BCUT2D eigenvalue weighted by Gasteiger charge is 2.39. The highest BCUT2D eigenvalue weighted by Crippen LogP contribution is 2.29. The van der Waals surface area contributed by atoms with E-state index in [1.165, 1.54) is 0 Å². The van der Waals surface area contributed by atoms with Crippen molar-refractivity contribution in [2.24, 2.45) is 5.73 Å². The fourth-order valence-electron chi connectivity index (χ4n) is 2.28. The minimum atomic E-state index is -0.615. The second kappa shape index (κ2) is 5.45. The van der Waals surface area contributed by atoms with Gasteiger partial charge in [-0.15, -0.1) is 0 Å². The summed E-state index contributed by atoms with van der Waals surface area (Å²) in [5.74, 6) is 0.625. The zero-order chi connectivity index (χ0) is 13.0. The Morgan fingerprint density at radius 1 is 1.56 bits per heavy atom. The Kier molecular flexibility index (Phi) is 3.93. The van der Waals surface area contributed by atoms with Gasteiger partial charge in [-0.3, -0.25) is 10.1 Å². The first-order valence-electron chi connectivity index (χ1n) is 6.02. The van der Waals surface area contributed by atoms with Crippen LogP contribution in [0.2, 0.25) is 0 Å². The molecule has 0 atom stereocenters. The largest absolute Gasteiger partial charge is 0.377 e. The molecule has 0 spiro atoms. The summed E-state index contributed by atoms with van der Waals surface area (Å²) < 4.78 is 9.94. The lowest BCUT2D eigenvalue weighted by molar-refractivity contribution is -0.124. The molecule has 1 aliphatic carbocycles. The van der Waals surface area contributed by atoms with Crippen molar-refractivity contribution < 1.29 is 14.1 Å². The SMILES string of the molecule is COCc1noc(CNC2(C(N)=O)CCCC2)n1. The van der Waals surface area contributed by atoms with Crippen LogP contribution in [0.4, 0.5) is 0 Å². The van der Waals surface area contributed by atoms with E-state index in [9.17, 15) is 4.79 Å². The lowest BCUT2D eigenvalue weighted by atomic mass is 9.97. The molecule has 7 nitrogen and oxygen atoms in total. The molecule has 1 aliphatic rings. The van der Waals surface area contributed by atoms with Gasteiger partial charge >= 0.3 is 0 Å². The van der Waals surface area contributed by atoms with Crippen LogP contribution >= 0.6 is 0 Å². The number of aromatic nitrogens is 2. The maximum atomic E-state index is 11.5. The maximum absolute atomic E-state index is 11.5. The molecule has 0 bridgehead atoms. The van der Waals surface area contributed by atoms with Crippen molar-refractivity contribution in [2.75, 3.05) is 7.11 Å². The van der Waals surface area contributed by atoms with Crippen LogP contribution in [-0.4, -0.2) is 28.7 Å². The molecular weight excluding hydrogens is 236 g/mol. The second-order valence-corrected chi connectivity index (χ2v) is 4.54. The van der Waals surface area contributed by atoms with Gasteiger partial charge in [-0.05, 0) is 12.8 Å². The van der Waals surface area contributed by atoms with Crippen molar-refractivity contribution >= 4 is 5.91 Å². The quantitative estimate of drug-likeness (QED) is 0.746. The number of nitrogens with zero attached hydrogens (tertiary/aromatic N) is 2. The van der Waals surface area contributed by atoms with Gasteiger partial charge in [0.1, 0.15) is 6.61 Å².